The van der Waals surface area contributed by atoms with Crippen LogP contribution in [0.4, 0.5) is 0 Å². The Balaban J connectivity index is 2.68. The summed E-state index contributed by atoms with van der Waals surface area (Å²) < 4.78 is 0. The molecule has 1 aliphatic heterocycles. The molecule has 0 spiro atoms. The number of rotatable bonds is 8. The predicted octanol–water partition coefficient (Wildman–Crippen LogP) is 2.64. The Morgan fingerprint density at radius 1 is 1.16 bits per heavy atom. The molecule has 1 unspecified atom stereocenters. The van der Waals surface area contributed by atoms with Crippen molar-refractivity contribution in [3.63, 3.8) is 0 Å². The number of nitrogens with zero attached hydrogens (tertiary/aromatic N) is 1. The normalized spacial score (nSPS) is 22.4. The summed E-state index contributed by atoms with van der Waals surface area (Å²) >= 11 is 0. The molecule has 0 saturated carbocycles. The zero-order chi connectivity index (χ0) is 14.1. The maximum atomic E-state index is 9.65. The van der Waals surface area contributed by atoms with Crippen molar-refractivity contribution in [3.8, 4) is 0 Å². The Morgan fingerprint density at radius 3 is 2.47 bits per heavy atom. The Kier molecular flexibility index (Phi) is 7.96. The number of aliphatic hydroxyl groups is 1. The topological polar surface area (TPSA) is 35.5 Å². The van der Waals surface area contributed by atoms with Crippen LogP contribution in [0.2, 0.25) is 0 Å². The SMILES string of the molecule is CCNCC(CC)(CC)CN1CCCCCC1CO. The summed E-state index contributed by atoms with van der Waals surface area (Å²) in [5, 5.41) is 13.2. The van der Waals surface area contributed by atoms with Gasteiger partial charge in [-0.1, -0.05) is 33.6 Å². The van der Waals surface area contributed by atoms with Gasteiger partial charge in [0.25, 0.3) is 0 Å². The summed E-state index contributed by atoms with van der Waals surface area (Å²) in [7, 11) is 0. The Hall–Kier alpha value is -0.120. The van der Waals surface area contributed by atoms with Crippen LogP contribution < -0.4 is 5.32 Å². The Bertz CT molecular complexity index is 229. The average molecular weight is 270 g/mol. The van der Waals surface area contributed by atoms with Crippen molar-refractivity contribution < 1.29 is 5.11 Å². The lowest BCUT2D eigenvalue weighted by Gasteiger charge is -2.40. The molecule has 0 aliphatic carbocycles. The fraction of sp³-hybridized carbons (Fsp3) is 1.00. The summed E-state index contributed by atoms with van der Waals surface area (Å²) in [5.41, 5.74) is 0.369. The van der Waals surface area contributed by atoms with E-state index in [1.807, 2.05) is 0 Å². The number of likely N-dealkylation sites (tertiary alicyclic amines) is 1. The number of hydrogen-bond donors (Lipinski definition) is 2. The largest absolute Gasteiger partial charge is 0.395 e. The molecule has 0 aromatic rings. The molecule has 1 saturated heterocycles. The van der Waals surface area contributed by atoms with Gasteiger partial charge in [0.05, 0.1) is 6.61 Å². The first kappa shape index (κ1) is 16.9. The van der Waals surface area contributed by atoms with E-state index in [1.165, 1.54) is 45.1 Å². The molecule has 1 heterocycles. The zero-order valence-corrected chi connectivity index (χ0v) is 13.2. The van der Waals surface area contributed by atoms with Gasteiger partial charge < -0.3 is 10.4 Å². The molecule has 19 heavy (non-hydrogen) atoms. The highest BCUT2D eigenvalue weighted by Gasteiger charge is 2.31. The van der Waals surface area contributed by atoms with E-state index >= 15 is 0 Å². The molecule has 1 fully saturated rings. The fourth-order valence-electron chi connectivity index (χ4n) is 3.25. The van der Waals surface area contributed by atoms with Crippen LogP contribution in [-0.2, 0) is 0 Å². The van der Waals surface area contributed by atoms with E-state index in [0.717, 1.165) is 19.6 Å². The van der Waals surface area contributed by atoms with E-state index < -0.39 is 0 Å². The first-order valence-electron chi connectivity index (χ1n) is 8.27. The van der Waals surface area contributed by atoms with Gasteiger partial charge in [-0.25, -0.2) is 0 Å². The van der Waals surface area contributed by atoms with Gasteiger partial charge in [-0.15, -0.1) is 0 Å². The monoisotopic (exact) mass is 270 g/mol. The van der Waals surface area contributed by atoms with Gasteiger partial charge in [0.15, 0.2) is 0 Å². The van der Waals surface area contributed by atoms with Crippen LogP contribution in [0.1, 0.15) is 59.3 Å². The van der Waals surface area contributed by atoms with Gasteiger partial charge in [0.1, 0.15) is 0 Å². The van der Waals surface area contributed by atoms with E-state index in [1.54, 1.807) is 0 Å². The van der Waals surface area contributed by atoms with Crippen LogP contribution in [-0.4, -0.2) is 48.8 Å². The van der Waals surface area contributed by atoms with Crippen molar-refractivity contribution in [2.24, 2.45) is 5.41 Å². The third kappa shape index (κ3) is 5.05. The fourth-order valence-corrected chi connectivity index (χ4v) is 3.25. The van der Waals surface area contributed by atoms with Crippen molar-refractivity contribution in [3.05, 3.63) is 0 Å². The summed E-state index contributed by atoms with van der Waals surface area (Å²) in [5.74, 6) is 0. The lowest BCUT2D eigenvalue weighted by molar-refractivity contribution is 0.0683. The van der Waals surface area contributed by atoms with Crippen LogP contribution in [0.5, 0.6) is 0 Å². The van der Waals surface area contributed by atoms with Crippen LogP contribution >= 0.6 is 0 Å². The van der Waals surface area contributed by atoms with E-state index in [-0.39, 0.29) is 0 Å². The lowest BCUT2D eigenvalue weighted by atomic mass is 9.81. The minimum atomic E-state index is 0.324. The Labute approximate surface area is 119 Å². The molecular formula is C16H34N2O. The highest BCUT2D eigenvalue weighted by Crippen LogP contribution is 2.29. The standard InChI is InChI=1S/C16H34N2O/c1-4-16(5-2,13-17-6-3)14-18-11-9-7-8-10-15(18)12-19/h15,17,19H,4-14H2,1-3H3. The second-order valence-corrected chi connectivity index (χ2v) is 6.14. The molecular weight excluding hydrogens is 236 g/mol. The molecule has 1 rings (SSSR count). The number of nitrogens with one attached hydrogen (secondary N) is 1. The third-order valence-electron chi connectivity index (χ3n) is 5.00. The molecule has 114 valence electrons. The van der Waals surface area contributed by atoms with Crippen molar-refractivity contribution in [2.75, 3.05) is 32.8 Å². The number of aliphatic hydroxyl groups excluding tert-OH is 1. The van der Waals surface area contributed by atoms with E-state index in [0.29, 0.717) is 18.1 Å². The maximum absolute atomic E-state index is 9.65. The average Bonchev–Trinajstić information content (AvgIpc) is 2.68. The summed E-state index contributed by atoms with van der Waals surface area (Å²) in [6, 6.07) is 0.390. The second kappa shape index (κ2) is 8.93. The smallest absolute Gasteiger partial charge is 0.0586 e. The van der Waals surface area contributed by atoms with Crippen molar-refractivity contribution in [1.29, 1.82) is 0 Å². The van der Waals surface area contributed by atoms with Crippen molar-refractivity contribution >= 4 is 0 Å². The third-order valence-corrected chi connectivity index (χ3v) is 5.00. The molecule has 0 aromatic heterocycles. The predicted molar refractivity (Wildman–Crippen MR) is 82.5 cm³/mol. The van der Waals surface area contributed by atoms with E-state index in [9.17, 15) is 5.11 Å². The minimum Gasteiger partial charge on any atom is -0.395 e. The van der Waals surface area contributed by atoms with Crippen LogP contribution in [0.25, 0.3) is 0 Å². The summed E-state index contributed by atoms with van der Waals surface area (Å²) in [6.45, 7) is 11.6. The first-order chi connectivity index (χ1) is 9.21. The van der Waals surface area contributed by atoms with Gasteiger partial charge in [-0.2, -0.15) is 0 Å². The molecule has 1 atom stereocenters. The zero-order valence-electron chi connectivity index (χ0n) is 13.2. The van der Waals surface area contributed by atoms with Crippen LogP contribution in [0.15, 0.2) is 0 Å². The van der Waals surface area contributed by atoms with Gasteiger partial charge in [-0.05, 0) is 44.2 Å². The quantitative estimate of drug-likeness (QED) is 0.712. The van der Waals surface area contributed by atoms with Gasteiger partial charge in [-0.3, -0.25) is 4.90 Å². The molecule has 0 radical (unpaired) electrons. The highest BCUT2D eigenvalue weighted by atomic mass is 16.3. The van der Waals surface area contributed by atoms with E-state index in [2.05, 4.69) is 31.0 Å². The molecule has 0 amide bonds. The number of hydrogen-bond acceptors (Lipinski definition) is 3. The highest BCUT2D eigenvalue weighted by molar-refractivity contribution is 4.86. The van der Waals surface area contributed by atoms with Crippen molar-refractivity contribution in [1.82, 2.24) is 10.2 Å². The Morgan fingerprint density at radius 2 is 1.89 bits per heavy atom. The van der Waals surface area contributed by atoms with Gasteiger partial charge in [0.2, 0.25) is 0 Å². The molecule has 1 aliphatic rings. The van der Waals surface area contributed by atoms with Gasteiger partial charge in [0, 0.05) is 19.1 Å². The van der Waals surface area contributed by atoms with Crippen LogP contribution in [0, 0.1) is 5.41 Å². The minimum absolute atomic E-state index is 0.324. The second-order valence-electron chi connectivity index (χ2n) is 6.14. The maximum Gasteiger partial charge on any atom is 0.0586 e. The summed E-state index contributed by atoms with van der Waals surface area (Å²) in [6.07, 6.45) is 7.49. The first-order valence-corrected chi connectivity index (χ1v) is 8.27. The lowest BCUT2D eigenvalue weighted by Crippen LogP contribution is -2.48. The molecule has 3 heteroatoms. The van der Waals surface area contributed by atoms with Crippen LogP contribution in [0.3, 0.4) is 0 Å². The molecule has 3 nitrogen and oxygen atoms in total. The van der Waals surface area contributed by atoms with E-state index in [4.69, 9.17) is 0 Å². The molecule has 2 N–H and O–H groups in total. The summed E-state index contributed by atoms with van der Waals surface area (Å²) in [4.78, 5) is 2.57. The molecule has 0 bridgehead atoms. The molecule has 0 aromatic carbocycles. The van der Waals surface area contributed by atoms with Crippen molar-refractivity contribution in [2.45, 2.75) is 65.3 Å². The van der Waals surface area contributed by atoms with Gasteiger partial charge >= 0.3 is 0 Å².